The summed E-state index contributed by atoms with van der Waals surface area (Å²) in [6.07, 6.45) is 0. The Morgan fingerprint density at radius 3 is 2.25 bits per heavy atom. The van der Waals surface area contributed by atoms with E-state index in [4.69, 9.17) is 0 Å². The van der Waals surface area contributed by atoms with E-state index in [-0.39, 0.29) is 11.3 Å². The summed E-state index contributed by atoms with van der Waals surface area (Å²) in [6, 6.07) is 5.02. The third kappa shape index (κ3) is 2.56. The minimum absolute atomic E-state index is 0.0742. The molecule has 3 rings (SSSR count). The molecule has 0 spiro atoms. The molecule has 0 bridgehead atoms. The van der Waals surface area contributed by atoms with Crippen molar-refractivity contribution in [2.45, 2.75) is 12.8 Å². The summed E-state index contributed by atoms with van der Waals surface area (Å²) in [5, 5.41) is 18.8. The maximum Gasteiger partial charge on any atom is 0.328 e. The number of urea groups is 1. The highest BCUT2D eigenvalue weighted by Gasteiger charge is 2.43. The molecule has 0 saturated carbocycles. The lowest BCUT2D eigenvalue weighted by molar-refractivity contribution is -0.136. The molecule has 1 atom stereocenters. The van der Waals surface area contributed by atoms with Crippen molar-refractivity contribution in [1.29, 1.82) is 0 Å². The van der Waals surface area contributed by atoms with Gasteiger partial charge in [0.2, 0.25) is 11.8 Å². The molecule has 1 aromatic heterocycles. The number of hydrogen-bond donors (Lipinski definition) is 5. The van der Waals surface area contributed by atoms with Crippen LogP contribution in [0.2, 0.25) is 0 Å². The van der Waals surface area contributed by atoms with Gasteiger partial charge in [0.15, 0.2) is 0 Å². The second kappa shape index (κ2) is 5.69. The van der Waals surface area contributed by atoms with Crippen LogP contribution in [0.25, 0.3) is 0 Å². The van der Waals surface area contributed by atoms with Crippen LogP contribution < -0.4 is 16.2 Å². The minimum Gasteiger partial charge on any atom is -0.508 e. The molecule has 1 aromatic carbocycles. The molecule has 9 nitrogen and oxygen atoms in total. The van der Waals surface area contributed by atoms with Crippen LogP contribution in [0.15, 0.2) is 29.1 Å². The smallest absolute Gasteiger partial charge is 0.328 e. The summed E-state index contributed by atoms with van der Waals surface area (Å²) in [5.74, 6) is -4.00. The Labute approximate surface area is 135 Å². The Balaban J connectivity index is 2.19. The third-order valence-corrected chi connectivity index (χ3v) is 3.92. The quantitative estimate of drug-likeness (QED) is 0.496. The van der Waals surface area contributed by atoms with Crippen molar-refractivity contribution >= 4 is 17.8 Å². The zero-order valence-corrected chi connectivity index (χ0v) is 12.5. The number of carbonyl (C=O) groups is 3. The van der Waals surface area contributed by atoms with E-state index in [1.54, 1.807) is 13.0 Å². The van der Waals surface area contributed by atoms with Gasteiger partial charge < -0.3 is 10.2 Å². The number of rotatable bonds is 3. The molecule has 5 N–H and O–H groups in total. The Bertz CT molecular complexity index is 877. The van der Waals surface area contributed by atoms with Crippen molar-refractivity contribution < 1.29 is 19.5 Å². The monoisotopic (exact) mass is 330 g/mol. The molecular formula is C15H14N4O5. The molecule has 0 radical (unpaired) electrons. The predicted molar refractivity (Wildman–Crippen MR) is 81.3 cm³/mol. The van der Waals surface area contributed by atoms with Crippen LogP contribution in [0.5, 0.6) is 5.75 Å². The first-order valence-electron chi connectivity index (χ1n) is 7.10. The fraction of sp³-hybridized carbons (Fsp3) is 0.200. The summed E-state index contributed by atoms with van der Waals surface area (Å²) in [4.78, 5) is 48.0. The highest BCUT2D eigenvalue weighted by atomic mass is 16.3. The number of nitrogens with one attached hydrogen (secondary N) is 4. The average Bonchev–Trinajstić information content (AvgIpc) is 2.82. The molecule has 1 fully saturated rings. The first-order valence-corrected chi connectivity index (χ1v) is 7.10. The fourth-order valence-electron chi connectivity index (χ4n) is 2.91. The normalized spacial score (nSPS) is 16.6. The number of aryl methyl sites for hydroxylation is 1. The molecule has 0 aliphatic carbocycles. The number of imide groups is 2. The summed E-state index contributed by atoms with van der Waals surface area (Å²) in [5.41, 5.74) is 0.544. The zero-order valence-electron chi connectivity index (χ0n) is 12.5. The van der Waals surface area contributed by atoms with E-state index in [0.717, 1.165) is 0 Å². The number of aromatic hydroxyl groups is 1. The van der Waals surface area contributed by atoms with Crippen molar-refractivity contribution in [3.63, 3.8) is 0 Å². The van der Waals surface area contributed by atoms with E-state index in [1.807, 2.05) is 10.6 Å². The predicted octanol–water partition coefficient (Wildman–Crippen LogP) is -0.169. The highest BCUT2D eigenvalue weighted by molar-refractivity contribution is 6.16. The molecule has 124 valence electrons. The SMILES string of the molecule is Cc1[nH][nH]c(=O)c1C(c1cccc(O)c1)C1C(=O)NC(=O)NC1=O. The number of hydrogen-bond acceptors (Lipinski definition) is 5. The summed E-state index contributed by atoms with van der Waals surface area (Å²) >= 11 is 0. The first kappa shape index (κ1) is 15.5. The number of amides is 4. The van der Waals surface area contributed by atoms with Crippen molar-refractivity contribution in [2.75, 3.05) is 0 Å². The van der Waals surface area contributed by atoms with Gasteiger partial charge in [0.1, 0.15) is 11.7 Å². The molecular weight excluding hydrogens is 316 g/mol. The number of H-pyrrole nitrogens is 2. The lowest BCUT2D eigenvalue weighted by Gasteiger charge is -2.28. The number of aromatic amines is 2. The number of carbonyl (C=O) groups excluding carboxylic acids is 3. The molecule has 1 unspecified atom stereocenters. The fourth-order valence-corrected chi connectivity index (χ4v) is 2.91. The van der Waals surface area contributed by atoms with Crippen LogP contribution in [0.3, 0.4) is 0 Å². The number of barbiturate groups is 1. The second-order valence-electron chi connectivity index (χ2n) is 5.48. The van der Waals surface area contributed by atoms with Crippen LogP contribution in [0.1, 0.15) is 22.7 Å². The number of aromatic nitrogens is 2. The van der Waals surface area contributed by atoms with Crippen LogP contribution in [0, 0.1) is 12.8 Å². The molecule has 1 saturated heterocycles. The maximum atomic E-state index is 12.3. The Hall–Kier alpha value is -3.36. The topological polar surface area (TPSA) is 144 Å². The van der Waals surface area contributed by atoms with Gasteiger partial charge in [0.05, 0.1) is 0 Å². The minimum atomic E-state index is -1.33. The number of benzene rings is 1. The van der Waals surface area contributed by atoms with Crippen LogP contribution in [-0.4, -0.2) is 33.1 Å². The second-order valence-corrected chi connectivity index (χ2v) is 5.48. The highest BCUT2D eigenvalue weighted by Crippen LogP contribution is 2.34. The Morgan fingerprint density at radius 1 is 1.04 bits per heavy atom. The van der Waals surface area contributed by atoms with Gasteiger partial charge in [-0.05, 0) is 24.6 Å². The van der Waals surface area contributed by atoms with Gasteiger partial charge in [-0.2, -0.15) is 0 Å². The van der Waals surface area contributed by atoms with Gasteiger partial charge in [-0.3, -0.25) is 30.1 Å². The van der Waals surface area contributed by atoms with Gasteiger partial charge in [0.25, 0.3) is 5.56 Å². The van der Waals surface area contributed by atoms with Gasteiger partial charge in [-0.1, -0.05) is 12.1 Å². The van der Waals surface area contributed by atoms with Gasteiger partial charge >= 0.3 is 6.03 Å². The van der Waals surface area contributed by atoms with Crippen LogP contribution in [0.4, 0.5) is 4.79 Å². The summed E-state index contributed by atoms with van der Waals surface area (Å²) in [7, 11) is 0. The van der Waals surface area contributed by atoms with E-state index in [0.29, 0.717) is 11.3 Å². The molecule has 24 heavy (non-hydrogen) atoms. The lowest BCUT2D eigenvalue weighted by atomic mass is 9.79. The molecule has 2 aromatic rings. The van der Waals surface area contributed by atoms with Gasteiger partial charge in [-0.25, -0.2) is 4.79 Å². The van der Waals surface area contributed by atoms with Crippen molar-refractivity contribution in [2.24, 2.45) is 5.92 Å². The molecule has 2 heterocycles. The first-order chi connectivity index (χ1) is 11.4. The van der Waals surface area contributed by atoms with E-state index < -0.39 is 35.2 Å². The van der Waals surface area contributed by atoms with E-state index in [9.17, 15) is 24.3 Å². The van der Waals surface area contributed by atoms with Crippen molar-refractivity contribution in [1.82, 2.24) is 20.8 Å². The van der Waals surface area contributed by atoms with E-state index >= 15 is 0 Å². The number of phenolic OH excluding ortho intramolecular Hbond substituents is 1. The van der Waals surface area contributed by atoms with Gasteiger partial charge in [0, 0.05) is 17.2 Å². The van der Waals surface area contributed by atoms with Crippen LogP contribution >= 0.6 is 0 Å². The maximum absolute atomic E-state index is 12.3. The van der Waals surface area contributed by atoms with E-state index in [1.165, 1.54) is 18.2 Å². The summed E-state index contributed by atoms with van der Waals surface area (Å²) < 4.78 is 0. The lowest BCUT2D eigenvalue weighted by Crippen LogP contribution is -2.57. The molecule has 4 amide bonds. The van der Waals surface area contributed by atoms with Crippen LogP contribution in [-0.2, 0) is 9.59 Å². The molecule has 9 heteroatoms. The summed E-state index contributed by atoms with van der Waals surface area (Å²) in [6.45, 7) is 1.62. The van der Waals surface area contributed by atoms with Crippen molar-refractivity contribution in [3.05, 3.63) is 51.4 Å². The average molecular weight is 330 g/mol. The molecule has 1 aliphatic heterocycles. The largest absolute Gasteiger partial charge is 0.508 e. The van der Waals surface area contributed by atoms with Crippen molar-refractivity contribution in [3.8, 4) is 5.75 Å². The zero-order chi connectivity index (χ0) is 17.4. The number of phenols is 1. The standard InChI is InChI=1S/C15H14N4O5/c1-6-9(14(23)19-18-6)10(7-3-2-4-8(20)5-7)11-12(21)16-15(24)17-13(11)22/h2-5,10-11,20H,1H3,(H2,18,19,23)(H2,16,17,21,22,24). The Kier molecular flexibility index (Phi) is 3.68. The third-order valence-electron chi connectivity index (χ3n) is 3.92. The molecule has 1 aliphatic rings. The Morgan fingerprint density at radius 2 is 1.71 bits per heavy atom. The van der Waals surface area contributed by atoms with Gasteiger partial charge in [-0.15, -0.1) is 0 Å². The van der Waals surface area contributed by atoms with E-state index in [2.05, 4.69) is 10.2 Å².